The van der Waals surface area contributed by atoms with E-state index in [9.17, 15) is 0 Å². The summed E-state index contributed by atoms with van der Waals surface area (Å²) in [5, 5.41) is 5.42. The summed E-state index contributed by atoms with van der Waals surface area (Å²) in [5.74, 6) is 0. The second-order valence-corrected chi connectivity index (χ2v) is 6.62. The fourth-order valence-corrected chi connectivity index (χ4v) is 3.16. The number of benzene rings is 2. The van der Waals surface area contributed by atoms with Gasteiger partial charge in [-0.15, -0.1) is 0 Å². The Morgan fingerprint density at radius 3 is 2.38 bits per heavy atom. The fraction of sp³-hybridized carbons (Fsp3) is 0.190. The molecule has 0 spiro atoms. The summed E-state index contributed by atoms with van der Waals surface area (Å²) in [7, 11) is 0. The van der Waals surface area contributed by atoms with E-state index in [2.05, 4.69) is 56.2 Å². The molecule has 1 aromatic heterocycles. The molecule has 0 amide bonds. The molecular weight excluding hydrogens is 316 g/mol. The third-order valence-corrected chi connectivity index (χ3v) is 4.44. The lowest BCUT2D eigenvalue weighted by molar-refractivity contribution is 0.856. The molecule has 3 heteroatoms. The second kappa shape index (κ2) is 6.66. The van der Waals surface area contributed by atoms with Crippen molar-refractivity contribution in [3.8, 4) is 0 Å². The molecule has 0 N–H and O–H groups in total. The molecule has 2 nitrogen and oxygen atoms in total. The number of halogens is 1. The van der Waals surface area contributed by atoms with E-state index in [1.807, 2.05) is 35.9 Å². The zero-order chi connectivity index (χ0) is 17.3. The van der Waals surface area contributed by atoms with Crippen LogP contribution in [0.25, 0.3) is 11.8 Å². The summed E-state index contributed by atoms with van der Waals surface area (Å²) in [6.07, 6.45) is 2.11. The SMILES string of the molecule is Cc1ccc(C(=Cc2ccccc2Cl)n2nc(C)cc2C)c(C)c1. The van der Waals surface area contributed by atoms with Crippen LogP contribution in [-0.4, -0.2) is 9.78 Å². The smallest absolute Gasteiger partial charge is 0.0730 e. The first-order valence-electron chi connectivity index (χ1n) is 8.03. The Balaban J connectivity index is 2.25. The first-order valence-corrected chi connectivity index (χ1v) is 8.41. The number of hydrogen-bond donors (Lipinski definition) is 0. The fourth-order valence-electron chi connectivity index (χ4n) is 2.97. The number of rotatable bonds is 3. The molecular formula is C21H21ClN2. The zero-order valence-corrected chi connectivity index (χ0v) is 15.2. The molecule has 1 heterocycles. The molecule has 3 aromatic rings. The monoisotopic (exact) mass is 336 g/mol. The van der Waals surface area contributed by atoms with E-state index < -0.39 is 0 Å². The van der Waals surface area contributed by atoms with Gasteiger partial charge in [-0.25, -0.2) is 4.68 Å². The van der Waals surface area contributed by atoms with Crippen LogP contribution in [0.3, 0.4) is 0 Å². The molecule has 122 valence electrons. The van der Waals surface area contributed by atoms with E-state index in [1.165, 1.54) is 11.1 Å². The Bertz CT molecular complexity index is 919. The van der Waals surface area contributed by atoms with Crippen LogP contribution in [0.4, 0.5) is 0 Å². The van der Waals surface area contributed by atoms with Crippen molar-refractivity contribution in [2.45, 2.75) is 27.7 Å². The predicted molar refractivity (Wildman–Crippen MR) is 102 cm³/mol. The maximum absolute atomic E-state index is 6.38. The van der Waals surface area contributed by atoms with Crippen molar-refractivity contribution in [1.29, 1.82) is 0 Å². The number of hydrogen-bond acceptors (Lipinski definition) is 1. The third kappa shape index (κ3) is 3.29. The van der Waals surface area contributed by atoms with Gasteiger partial charge in [-0.05, 0) is 57.0 Å². The van der Waals surface area contributed by atoms with Gasteiger partial charge < -0.3 is 0 Å². The lowest BCUT2D eigenvalue weighted by Crippen LogP contribution is -2.05. The van der Waals surface area contributed by atoms with Gasteiger partial charge in [0.15, 0.2) is 0 Å². The molecule has 3 rings (SSSR count). The Hall–Kier alpha value is -2.32. The second-order valence-electron chi connectivity index (χ2n) is 6.21. The molecule has 0 fully saturated rings. The molecule has 0 aliphatic carbocycles. The molecule has 0 bridgehead atoms. The lowest BCUT2D eigenvalue weighted by atomic mass is 10.0. The molecule has 0 aliphatic rings. The molecule has 0 atom stereocenters. The van der Waals surface area contributed by atoms with E-state index in [0.717, 1.165) is 33.2 Å². The number of nitrogens with zero attached hydrogens (tertiary/aromatic N) is 2. The van der Waals surface area contributed by atoms with Crippen molar-refractivity contribution in [2.24, 2.45) is 0 Å². The van der Waals surface area contributed by atoms with Gasteiger partial charge in [0, 0.05) is 16.3 Å². The van der Waals surface area contributed by atoms with Crippen LogP contribution in [0.15, 0.2) is 48.5 Å². The Kier molecular flexibility index (Phi) is 4.59. The van der Waals surface area contributed by atoms with Crippen LogP contribution >= 0.6 is 11.6 Å². The molecule has 2 aromatic carbocycles. The standard InChI is InChI=1S/C21H21ClN2/c1-14-9-10-19(15(2)11-14)21(24-17(4)12-16(3)23-24)13-18-7-5-6-8-20(18)22/h5-13H,1-4H3. The van der Waals surface area contributed by atoms with Crippen molar-refractivity contribution in [1.82, 2.24) is 9.78 Å². The molecule has 0 radical (unpaired) electrons. The normalized spacial score (nSPS) is 11.8. The maximum atomic E-state index is 6.38. The summed E-state index contributed by atoms with van der Waals surface area (Å²) in [4.78, 5) is 0. The van der Waals surface area contributed by atoms with Crippen molar-refractivity contribution < 1.29 is 0 Å². The van der Waals surface area contributed by atoms with E-state index >= 15 is 0 Å². The van der Waals surface area contributed by atoms with Gasteiger partial charge in [-0.1, -0.05) is 53.6 Å². The predicted octanol–water partition coefficient (Wildman–Crippen LogP) is 5.82. The highest BCUT2D eigenvalue weighted by Gasteiger charge is 2.13. The van der Waals surface area contributed by atoms with Crippen molar-refractivity contribution >= 4 is 23.4 Å². The highest BCUT2D eigenvalue weighted by Crippen LogP contribution is 2.28. The maximum Gasteiger partial charge on any atom is 0.0730 e. The molecule has 0 aliphatic heterocycles. The average Bonchev–Trinajstić information content (AvgIpc) is 2.86. The summed E-state index contributed by atoms with van der Waals surface area (Å²) < 4.78 is 2.00. The van der Waals surface area contributed by atoms with E-state index in [0.29, 0.717) is 0 Å². The molecule has 24 heavy (non-hydrogen) atoms. The zero-order valence-electron chi connectivity index (χ0n) is 14.5. The first-order chi connectivity index (χ1) is 11.5. The van der Waals surface area contributed by atoms with Crippen molar-refractivity contribution in [3.63, 3.8) is 0 Å². The molecule has 0 unspecified atom stereocenters. The summed E-state index contributed by atoms with van der Waals surface area (Å²) in [5.41, 5.74) is 7.76. The van der Waals surface area contributed by atoms with Gasteiger partial charge in [-0.3, -0.25) is 0 Å². The Labute approximate surface area is 148 Å². The van der Waals surface area contributed by atoms with Crippen LogP contribution in [0.5, 0.6) is 0 Å². The quantitative estimate of drug-likeness (QED) is 0.551. The van der Waals surface area contributed by atoms with Gasteiger partial charge in [0.25, 0.3) is 0 Å². The first kappa shape index (κ1) is 16.5. The van der Waals surface area contributed by atoms with Gasteiger partial charge in [-0.2, -0.15) is 5.10 Å². The van der Waals surface area contributed by atoms with Gasteiger partial charge in [0.05, 0.1) is 11.4 Å². The minimum Gasteiger partial charge on any atom is -0.237 e. The number of aromatic nitrogens is 2. The van der Waals surface area contributed by atoms with Gasteiger partial charge in [0.2, 0.25) is 0 Å². The Morgan fingerprint density at radius 1 is 1.00 bits per heavy atom. The van der Waals surface area contributed by atoms with Crippen LogP contribution < -0.4 is 0 Å². The summed E-state index contributed by atoms with van der Waals surface area (Å²) in [6, 6.07) is 16.5. The van der Waals surface area contributed by atoms with E-state index in [4.69, 9.17) is 11.6 Å². The third-order valence-electron chi connectivity index (χ3n) is 4.09. The number of aryl methyl sites for hydroxylation is 4. The average molecular weight is 337 g/mol. The largest absolute Gasteiger partial charge is 0.237 e. The molecule has 0 saturated carbocycles. The van der Waals surface area contributed by atoms with Crippen LogP contribution in [-0.2, 0) is 0 Å². The van der Waals surface area contributed by atoms with Crippen molar-refractivity contribution in [2.75, 3.05) is 0 Å². The molecule has 0 saturated heterocycles. The van der Waals surface area contributed by atoms with Gasteiger partial charge >= 0.3 is 0 Å². The summed E-state index contributed by atoms with van der Waals surface area (Å²) >= 11 is 6.38. The highest BCUT2D eigenvalue weighted by molar-refractivity contribution is 6.32. The van der Waals surface area contributed by atoms with E-state index in [1.54, 1.807) is 0 Å². The highest BCUT2D eigenvalue weighted by atomic mass is 35.5. The van der Waals surface area contributed by atoms with Crippen LogP contribution in [0.2, 0.25) is 5.02 Å². The van der Waals surface area contributed by atoms with E-state index in [-0.39, 0.29) is 0 Å². The van der Waals surface area contributed by atoms with Crippen LogP contribution in [0, 0.1) is 27.7 Å². The topological polar surface area (TPSA) is 17.8 Å². The summed E-state index contributed by atoms with van der Waals surface area (Å²) in [6.45, 7) is 8.33. The van der Waals surface area contributed by atoms with Gasteiger partial charge in [0.1, 0.15) is 0 Å². The van der Waals surface area contributed by atoms with Crippen molar-refractivity contribution in [3.05, 3.63) is 87.2 Å². The lowest BCUT2D eigenvalue weighted by Gasteiger charge is -2.14. The van der Waals surface area contributed by atoms with Crippen LogP contribution in [0.1, 0.15) is 33.6 Å². The Morgan fingerprint density at radius 2 is 1.75 bits per heavy atom. The minimum absolute atomic E-state index is 0.737. The minimum atomic E-state index is 0.737.